The van der Waals surface area contributed by atoms with Crippen molar-refractivity contribution in [3.8, 4) is 5.75 Å². The van der Waals surface area contributed by atoms with Crippen LogP contribution in [0.3, 0.4) is 0 Å². The molecule has 0 saturated carbocycles. The fourth-order valence-corrected chi connectivity index (χ4v) is 2.39. The van der Waals surface area contributed by atoms with Crippen molar-refractivity contribution in [1.29, 1.82) is 0 Å². The van der Waals surface area contributed by atoms with Gasteiger partial charge in [0.15, 0.2) is 0 Å². The summed E-state index contributed by atoms with van der Waals surface area (Å²) in [5.41, 5.74) is 1.29. The van der Waals surface area contributed by atoms with Crippen molar-refractivity contribution in [2.24, 2.45) is 0 Å². The van der Waals surface area contributed by atoms with Crippen LogP contribution in [0.5, 0.6) is 5.75 Å². The summed E-state index contributed by atoms with van der Waals surface area (Å²) in [7, 11) is 1.72. The fraction of sp³-hybridized carbons (Fsp3) is 0.647. The highest BCUT2D eigenvalue weighted by Crippen LogP contribution is 2.19. The van der Waals surface area contributed by atoms with E-state index in [0.29, 0.717) is 12.1 Å². The van der Waals surface area contributed by atoms with E-state index in [2.05, 4.69) is 44.3 Å². The van der Waals surface area contributed by atoms with Crippen molar-refractivity contribution in [2.45, 2.75) is 65.0 Å². The number of methoxy groups -OCH3 is 1. The van der Waals surface area contributed by atoms with E-state index in [4.69, 9.17) is 4.74 Å². The monoisotopic (exact) mass is 263 g/mol. The molecular formula is C17H29NO. The van der Waals surface area contributed by atoms with Gasteiger partial charge in [0.05, 0.1) is 7.11 Å². The Morgan fingerprint density at radius 3 is 2.63 bits per heavy atom. The quantitative estimate of drug-likeness (QED) is 0.652. The van der Waals surface area contributed by atoms with Gasteiger partial charge >= 0.3 is 0 Å². The molecule has 0 aliphatic rings. The van der Waals surface area contributed by atoms with Crippen molar-refractivity contribution in [3.63, 3.8) is 0 Å². The summed E-state index contributed by atoms with van der Waals surface area (Å²) >= 11 is 0. The molecule has 2 atom stereocenters. The number of nitrogens with one attached hydrogen (secondary N) is 1. The van der Waals surface area contributed by atoms with Gasteiger partial charge in [0, 0.05) is 12.1 Å². The fourth-order valence-electron chi connectivity index (χ4n) is 2.39. The van der Waals surface area contributed by atoms with Gasteiger partial charge in [-0.25, -0.2) is 0 Å². The van der Waals surface area contributed by atoms with Gasteiger partial charge in [-0.3, -0.25) is 0 Å². The molecule has 0 bridgehead atoms. The lowest BCUT2D eigenvalue weighted by Crippen LogP contribution is -2.28. The van der Waals surface area contributed by atoms with E-state index in [1.54, 1.807) is 7.11 Å². The third-order valence-corrected chi connectivity index (χ3v) is 3.62. The standard InChI is InChI=1S/C17H29NO/c1-5-6-7-8-10-14(2)18-15(3)16-11-9-12-17(13-16)19-4/h9,11-15,18H,5-8,10H2,1-4H3. The molecule has 0 saturated heterocycles. The van der Waals surface area contributed by atoms with E-state index in [-0.39, 0.29) is 0 Å². The molecule has 1 rings (SSSR count). The minimum atomic E-state index is 0.372. The van der Waals surface area contributed by atoms with Crippen molar-refractivity contribution < 1.29 is 4.74 Å². The summed E-state index contributed by atoms with van der Waals surface area (Å²) in [6.07, 6.45) is 6.61. The molecule has 2 heteroatoms. The van der Waals surface area contributed by atoms with Crippen LogP contribution in [0.25, 0.3) is 0 Å². The number of hydrogen-bond donors (Lipinski definition) is 1. The van der Waals surface area contributed by atoms with Gasteiger partial charge < -0.3 is 10.1 Å². The van der Waals surface area contributed by atoms with Gasteiger partial charge in [-0.05, 0) is 38.0 Å². The Bertz CT molecular complexity index is 351. The predicted molar refractivity (Wildman–Crippen MR) is 82.8 cm³/mol. The Hall–Kier alpha value is -1.02. The Labute approximate surface area is 118 Å². The lowest BCUT2D eigenvalue weighted by molar-refractivity contribution is 0.410. The van der Waals surface area contributed by atoms with Crippen molar-refractivity contribution >= 4 is 0 Å². The second-order valence-electron chi connectivity index (χ2n) is 5.42. The zero-order chi connectivity index (χ0) is 14.1. The summed E-state index contributed by atoms with van der Waals surface area (Å²) in [6, 6.07) is 9.25. The van der Waals surface area contributed by atoms with Gasteiger partial charge in [-0.1, -0.05) is 44.7 Å². The van der Waals surface area contributed by atoms with E-state index in [0.717, 1.165) is 5.75 Å². The molecule has 1 N–H and O–H groups in total. The zero-order valence-electron chi connectivity index (χ0n) is 12.9. The Morgan fingerprint density at radius 1 is 1.16 bits per heavy atom. The number of hydrogen-bond acceptors (Lipinski definition) is 2. The Morgan fingerprint density at radius 2 is 1.95 bits per heavy atom. The summed E-state index contributed by atoms with van der Waals surface area (Å²) in [4.78, 5) is 0. The van der Waals surface area contributed by atoms with Crippen LogP contribution in [-0.4, -0.2) is 13.2 Å². The van der Waals surface area contributed by atoms with Crippen molar-refractivity contribution in [2.75, 3.05) is 7.11 Å². The molecule has 0 aromatic heterocycles. The highest BCUT2D eigenvalue weighted by atomic mass is 16.5. The minimum Gasteiger partial charge on any atom is -0.497 e. The first kappa shape index (κ1) is 16.0. The van der Waals surface area contributed by atoms with Gasteiger partial charge in [-0.2, -0.15) is 0 Å². The van der Waals surface area contributed by atoms with Crippen LogP contribution in [0.2, 0.25) is 0 Å². The smallest absolute Gasteiger partial charge is 0.119 e. The first-order chi connectivity index (χ1) is 9.17. The van der Waals surface area contributed by atoms with E-state index < -0.39 is 0 Å². The van der Waals surface area contributed by atoms with Crippen LogP contribution in [0.15, 0.2) is 24.3 Å². The maximum absolute atomic E-state index is 5.27. The topological polar surface area (TPSA) is 21.3 Å². The van der Waals surface area contributed by atoms with E-state index in [9.17, 15) is 0 Å². The highest BCUT2D eigenvalue weighted by molar-refractivity contribution is 5.30. The zero-order valence-corrected chi connectivity index (χ0v) is 12.9. The molecular weight excluding hydrogens is 234 g/mol. The summed E-state index contributed by atoms with van der Waals surface area (Å²) in [6.45, 7) is 6.76. The molecule has 0 fully saturated rings. The molecule has 1 aromatic rings. The first-order valence-electron chi connectivity index (χ1n) is 7.57. The maximum atomic E-state index is 5.27. The molecule has 2 nitrogen and oxygen atoms in total. The molecule has 108 valence electrons. The van der Waals surface area contributed by atoms with Crippen LogP contribution in [0.1, 0.15) is 64.5 Å². The van der Waals surface area contributed by atoms with Crippen molar-refractivity contribution in [1.82, 2.24) is 5.32 Å². The van der Waals surface area contributed by atoms with Gasteiger partial charge in [0.2, 0.25) is 0 Å². The Balaban J connectivity index is 2.38. The largest absolute Gasteiger partial charge is 0.497 e. The number of benzene rings is 1. The maximum Gasteiger partial charge on any atom is 0.119 e. The van der Waals surface area contributed by atoms with Crippen LogP contribution < -0.4 is 10.1 Å². The van der Waals surface area contributed by atoms with E-state index in [1.807, 2.05) is 6.07 Å². The molecule has 0 amide bonds. The van der Waals surface area contributed by atoms with Crippen LogP contribution in [0, 0.1) is 0 Å². The molecule has 0 radical (unpaired) electrons. The molecule has 19 heavy (non-hydrogen) atoms. The normalized spacial score (nSPS) is 14.1. The molecule has 0 heterocycles. The Kier molecular flexibility index (Phi) is 7.57. The first-order valence-corrected chi connectivity index (χ1v) is 7.57. The van der Waals surface area contributed by atoms with E-state index in [1.165, 1.54) is 37.7 Å². The molecule has 0 aliphatic heterocycles. The summed E-state index contributed by atoms with van der Waals surface area (Å²) in [5, 5.41) is 3.67. The number of ether oxygens (including phenoxy) is 1. The van der Waals surface area contributed by atoms with Crippen LogP contribution in [-0.2, 0) is 0 Å². The molecule has 1 aromatic carbocycles. The summed E-state index contributed by atoms with van der Waals surface area (Å²) < 4.78 is 5.27. The SMILES string of the molecule is CCCCCCC(C)NC(C)c1cccc(OC)c1. The molecule has 0 spiro atoms. The highest BCUT2D eigenvalue weighted by Gasteiger charge is 2.09. The van der Waals surface area contributed by atoms with Crippen molar-refractivity contribution in [3.05, 3.63) is 29.8 Å². The average Bonchev–Trinajstić information content (AvgIpc) is 2.43. The summed E-state index contributed by atoms with van der Waals surface area (Å²) in [5.74, 6) is 0.932. The molecule has 2 unspecified atom stereocenters. The number of unbranched alkanes of at least 4 members (excludes halogenated alkanes) is 3. The lowest BCUT2D eigenvalue weighted by Gasteiger charge is -2.20. The molecule has 0 aliphatic carbocycles. The van der Waals surface area contributed by atoms with Crippen LogP contribution >= 0.6 is 0 Å². The average molecular weight is 263 g/mol. The third kappa shape index (κ3) is 6.11. The predicted octanol–water partition coefficient (Wildman–Crippen LogP) is 4.70. The number of rotatable bonds is 9. The van der Waals surface area contributed by atoms with Gasteiger partial charge in [-0.15, -0.1) is 0 Å². The second-order valence-corrected chi connectivity index (χ2v) is 5.42. The van der Waals surface area contributed by atoms with Gasteiger partial charge in [0.25, 0.3) is 0 Å². The second kappa shape index (κ2) is 8.98. The minimum absolute atomic E-state index is 0.372. The third-order valence-electron chi connectivity index (χ3n) is 3.62. The van der Waals surface area contributed by atoms with Gasteiger partial charge in [0.1, 0.15) is 5.75 Å². The lowest BCUT2D eigenvalue weighted by atomic mass is 10.0. The van der Waals surface area contributed by atoms with E-state index >= 15 is 0 Å². The van der Waals surface area contributed by atoms with Crippen LogP contribution in [0.4, 0.5) is 0 Å².